The summed E-state index contributed by atoms with van der Waals surface area (Å²) in [4.78, 5) is 13.0. The fourth-order valence-corrected chi connectivity index (χ4v) is 2.92. The molecule has 4 nitrogen and oxygen atoms in total. The number of nitrogens with two attached hydrogens (primary N) is 1. The van der Waals surface area contributed by atoms with Crippen LogP contribution in [0.15, 0.2) is 0 Å². The summed E-state index contributed by atoms with van der Waals surface area (Å²) in [5.74, 6) is 0.298. The molecule has 1 aliphatic rings. The second-order valence-corrected chi connectivity index (χ2v) is 6.23. The lowest BCUT2D eigenvalue weighted by Gasteiger charge is -2.36. The summed E-state index contributed by atoms with van der Waals surface area (Å²) < 4.78 is 5.17. The number of ether oxygens (including phenoxy) is 1. The zero-order valence-electron chi connectivity index (χ0n) is 12.2. The molecule has 5 heteroatoms. The molecule has 0 aromatic heterocycles. The summed E-state index contributed by atoms with van der Waals surface area (Å²) in [6, 6.07) is 0.00523. The van der Waals surface area contributed by atoms with Crippen molar-refractivity contribution in [3.63, 3.8) is 0 Å². The Morgan fingerprint density at radius 3 is 2.37 bits per heavy atom. The predicted octanol–water partition coefficient (Wildman–Crippen LogP) is 2.01. The van der Waals surface area contributed by atoms with Gasteiger partial charge in [0, 0.05) is 7.11 Å². The first kappa shape index (κ1) is 16.4. The van der Waals surface area contributed by atoms with Gasteiger partial charge in [-0.2, -0.15) is 0 Å². The van der Waals surface area contributed by atoms with Crippen LogP contribution < -0.4 is 11.1 Å². The summed E-state index contributed by atoms with van der Waals surface area (Å²) >= 11 is 5.17. The predicted molar refractivity (Wildman–Crippen MR) is 80.9 cm³/mol. The normalized spacial score (nSPS) is 20.0. The van der Waals surface area contributed by atoms with Gasteiger partial charge in [0.2, 0.25) is 5.91 Å². The van der Waals surface area contributed by atoms with Crippen LogP contribution in [-0.2, 0) is 9.53 Å². The quantitative estimate of drug-likeness (QED) is 0.733. The maximum Gasteiger partial charge on any atom is 0.233 e. The first-order valence-electron chi connectivity index (χ1n) is 7.04. The number of amides is 1. The monoisotopic (exact) mass is 286 g/mol. The zero-order valence-corrected chi connectivity index (χ0v) is 13.0. The van der Waals surface area contributed by atoms with Gasteiger partial charge >= 0.3 is 0 Å². The zero-order chi connectivity index (χ0) is 14.5. The Balaban J connectivity index is 2.79. The number of carbonyl (C=O) groups is 1. The fraction of sp³-hybridized carbons (Fsp3) is 0.857. The minimum atomic E-state index is -0.644. The number of carbonyl (C=O) groups excluding carboxylic acids is 1. The second kappa shape index (κ2) is 7.20. The molecule has 1 rings (SSSR count). The Morgan fingerprint density at radius 1 is 1.37 bits per heavy atom. The lowest BCUT2D eigenvalue weighted by molar-refractivity contribution is -0.130. The largest absolute Gasteiger partial charge is 0.392 e. The molecule has 0 aromatic rings. The highest BCUT2D eigenvalue weighted by molar-refractivity contribution is 7.80. The van der Waals surface area contributed by atoms with Crippen molar-refractivity contribution in [1.82, 2.24) is 5.32 Å². The van der Waals surface area contributed by atoms with Gasteiger partial charge in [-0.15, -0.1) is 0 Å². The van der Waals surface area contributed by atoms with Crippen LogP contribution in [-0.4, -0.2) is 30.7 Å². The molecule has 110 valence electrons. The number of nitrogens with one attached hydrogen (secondary N) is 1. The number of hydrogen-bond donors (Lipinski definition) is 2. The van der Waals surface area contributed by atoms with Gasteiger partial charge in [-0.1, -0.05) is 45.3 Å². The molecular formula is C14H26N2O2S. The average Bonchev–Trinajstić information content (AvgIpc) is 2.38. The van der Waals surface area contributed by atoms with E-state index in [9.17, 15) is 4.79 Å². The van der Waals surface area contributed by atoms with E-state index in [4.69, 9.17) is 22.7 Å². The van der Waals surface area contributed by atoms with E-state index >= 15 is 0 Å². The number of methoxy groups -OCH3 is 1. The standard InChI is InChI=1S/C14H26N2O2S/c1-10(2)11(9-18-3)16-13(17)14(12(15)19)7-5-4-6-8-14/h10-11H,4-9H2,1-3H3,(H2,15,19)(H,16,17). The van der Waals surface area contributed by atoms with E-state index in [0.29, 0.717) is 17.5 Å². The molecule has 0 aromatic carbocycles. The van der Waals surface area contributed by atoms with E-state index in [-0.39, 0.29) is 11.9 Å². The van der Waals surface area contributed by atoms with E-state index in [2.05, 4.69) is 19.2 Å². The van der Waals surface area contributed by atoms with Gasteiger partial charge in [-0.25, -0.2) is 0 Å². The highest BCUT2D eigenvalue weighted by Crippen LogP contribution is 2.37. The fourth-order valence-electron chi connectivity index (χ4n) is 2.63. The number of rotatable bonds is 6. The van der Waals surface area contributed by atoms with Crippen LogP contribution in [0.3, 0.4) is 0 Å². The van der Waals surface area contributed by atoms with Gasteiger partial charge in [-0.3, -0.25) is 4.79 Å². The van der Waals surface area contributed by atoms with Crippen LogP contribution in [0.25, 0.3) is 0 Å². The molecule has 0 heterocycles. The first-order chi connectivity index (χ1) is 8.94. The second-order valence-electron chi connectivity index (χ2n) is 5.79. The third-order valence-electron chi connectivity index (χ3n) is 4.08. The minimum absolute atomic E-state index is 0.00523. The van der Waals surface area contributed by atoms with Crippen LogP contribution in [0.5, 0.6) is 0 Å². The van der Waals surface area contributed by atoms with Crippen molar-refractivity contribution >= 4 is 23.1 Å². The van der Waals surface area contributed by atoms with Crippen molar-refractivity contribution < 1.29 is 9.53 Å². The summed E-state index contributed by atoms with van der Waals surface area (Å²) in [5, 5.41) is 3.08. The highest BCUT2D eigenvalue weighted by Gasteiger charge is 2.43. The van der Waals surface area contributed by atoms with E-state index in [1.165, 1.54) is 0 Å². The van der Waals surface area contributed by atoms with Gasteiger partial charge in [0.25, 0.3) is 0 Å². The van der Waals surface area contributed by atoms with Crippen LogP contribution in [0.1, 0.15) is 46.0 Å². The third-order valence-corrected chi connectivity index (χ3v) is 4.47. The summed E-state index contributed by atoms with van der Waals surface area (Å²) in [7, 11) is 1.64. The Labute approximate surface area is 121 Å². The molecule has 0 bridgehead atoms. The highest BCUT2D eigenvalue weighted by atomic mass is 32.1. The average molecular weight is 286 g/mol. The van der Waals surface area contributed by atoms with Gasteiger partial charge in [0.15, 0.2) is 0 Å². The van der Waals surface area contributed by atoms with Crippen molar-refractivity contribution in [2.75, 3.05) is 13.7 Å². The molecule has 0 radical (unpaired) electrons. The van der Waals surface area contributed by atoms with Crippen molar-refractivity contribution in [2.45, 2.75) is 52.0 Å². The summed E-state index contributed by atoms with van der Waals surface area (Å²) in [6.07, 6.45) is 4.73. The maximum absolute atomic E-state index is 12.6. The van der Waals surface area contributed by atoms with E-state index in [1.807, 2.05) is 0 Å². The summed E-state index contributed by atoms with van der Waals surface area (Å²) in [5.41, 5.74) is 5.22. The Morgan fingerprint density at radius 2 is 1.95 bits per heavy atom. The van der Waals surface area contributed by atoms with Crippen molar-refractivity contribution in [1.29, 1.82) is 0 Å². The molecule has 1 unspecified atom stereocenters. The number of hydrogen-bond acceptors (Lipinski definition) is 3. The molecule has 1 aliphatic carbocycles. The first-order valence-corrected chi connectivity index (χ1v) is 7.44. The van der Waals surface area contributed by atoms with Crippen LogP contribution in [0.2, 0.25) is 0 Å². The number of thiocarbonyl (C=S) groups is 1. The molecule has 1 atom stereocenters. The molecule has 0 spiro atoms. The molecule has 0 aliphatic heterocycles. The molecule has 1 fully saturated rings. The Bertz CT molecular complexity index is 325. The van der Waals surface area contributed by atoms with Crippen LogP contribution >= 0.6 is 12.2 Å². The minimum Gasteiger partial charge on any atom is -0.392 e. The van der Waals surface area contributed by atoms with E-state index < -0.39 is 5.41 Å². The Kier molecular flexibility index (Phi) is 6.20. The van der Waals surface area contributed by atoms with E-state index in [0.717, 1.165) is 32.1 Å². The molecule has 0 saturated heterocycles. The topological polar surface area (TPSA) is 64.3 Å². The van der Waals surface area contributed by atoms with Gasteiger partial charge < -0.3 is 15.8 Å². The lowest BCUT2D eigenvalue weighted by atomic mass is 9.73. The van der Waals surface area contributed by atoms with Crippen molar-refractivity contribution in [3.05, 3.63) is 0 Å². The summed E-state index contributed by atoms with van der Waals surface area (Å²) in [6.45, 7) is 4.65. The van der Waals surface area contributed by atoms with Gasteiger partial charge in [0.05, 0.1) is 23.1 Å². The molecule has 1 amide bonds. The molecular weight excluding hydrogens is 260 g/mol. The van der Waals surface area contributed by atoms with Crippen molar-refractivity contribution in [2.24, 2.45) is 17.1 Å². The van der Waals surface area contributed by atoms with Gasteiger partial charge in [0.1, 0.15) is 0 Å². The maximum atomic E-state index is 12.6. The molecule has 3 N–H and O–H groups in total. The van der Waals surface area contributed by atoms with E-state index in [1.54, 1.807) is 7.11 Å². The van der Waals surface area contributed by atoms with Crippen LogP contribution in [0.4, 0.5) is 0 Å². The SMILES string of the molecule is COCC(NC(=O)C1(C(N)=S)CCCCC1)C(C)C. The smallest absolute Gasteiger partial charge is 0.233 e. The molecule has 19 heavy (non-hydrogen) atoms. The lowest BCUT2D eigenvalue weighted by Crippen LogP contribution is -2.54. The Hall–Kier alpha value is -0.680. The van der Waals surface area contributed by atoms with Crippen molar-refractivity contribution in [3.8, 4) is 0 Å². The third kappa shape index (κ3) is 3.89. The van der Waals surface area contributed by atoms with Crippen LogP contribution in [0, 0.1) is 11.3 Å². The molecule has 1 saturated carbocycles. The van der Waals surface area contributed by atoms with Gasteiger partial charge in [-0.05, 0) is 18.8 Å².